The van der Waals surface area contributed by atoms with E-state index < -0.39 is 16.9 Å². The van der Waals surface area contributed by atoms with E-state index in [9.17, 15) is 19.7 Å². The molecule has 0 bridgehead atoms. The first kappa shape index (κ1) is 16.7. The molecular formula is C15H14N4O5. The van der Waals surface area contributed by atoms with Crippen molar-refractivity contribution in [3.8, 4) is 0 Å². The Hall–Kier alpha value is -3.62. The molecule has 0 spiro atoms. The maximum atomic E-state index is 11.8. The third-order valence-corrected chi connectivity index (χ3v) is 3.05. The average molecular weight is 330 g/mol. The molecular weight excluding hydrogens is 316 g/mol. The van der Waals surface area contributed by atoms with Crippen molar-refractivity contribution in [1.82, 2.24) is 5.43 Å². The normalized spacial score (nSPS) is 9.88. The number of carboxylic acids is 1. The van der Waals surface area contributed by atoms with Gasteiger partial charge in [0.15, 0.2) is 0 Å². The Labute approximate surface area is 136 Å². The number of nitro benzene ring substituents is 1. The summed E-state index contributed by atoms with van der Waals surface area (Å²) in [6, 6.07) is 9.41. The third kappa shape index (κ3) is 4.19. The lowest BCUT2D eigenvalue weighted by atomic mass is 10.2. The van der Waals surface area contributed by atoms with Crippen LogP contribution in [-0.2, 0) is 0 Å². The molecule has 0 unspecified atom stereocenters. The van der Waals surface area contributed by atoms with Crippen molar-refractivity contribution >= 4 is 29.1 Å². The van der Waals surface area contributed by atoms with Crippen LogP contribution >= 0.6 is 0 Å². The molecule has 0 radical (unpaired) electrons. The van der Waals surface area contributed by atoms with Gasteiger partial charge in [-0.1, -0.05) is 6.07 Å². The molecule has 0 saturated heterocycles. The number of nitrogens with one attached hydrogen (secondary N) is 3. The molecule has 0 saturated carbocycles. The summed E-state index contributed by atoms with van der Waals surface area (Å²) in [5.74, 6) is -1.06. The number of benzene rings is 2. The van der Waals surface area contributed by atoms with E-state index in [1.165, 1.54) is 36.4 Å². The molecule has 124 valence electrons. The van der Waals surface area contributed by atoms with E-state index in [0.717, 1.165) is 0 Å². The van der Waals surface area contributed by atoms with Gasteiger partial charge in [0.05, 0.1) is 16.2 Å². The zero-order valence-corrected chi connectivity index (χ0v) is 12.6. The largest absolute Gasteiger partial charge is 0.478 e. The first-order valence-electron chi connectivity index (χ1n) is 6.78. The van der Waals surface area contributed by atoms with Gasteiger partial charge in [0.2, 0.25) is 0 Å². The third-order valence-electron chi connectivity index (χ3n) is 3.05. The molecule has 9 heteroatoms. The number of hydrogen-bond acceptors (Lipinski definition) is 5. The second-order valence-electron chi connectivity index (χ2n) is 4.86. The van der Waals surface area contributed by atoms with Gasteiger partial charge in [-0.2, -0.15) is 0 Å². The fourth-order valence-corrected chi connectivity index (χ4v) is 1.88. The number of nitrogens with zero attached hydrogens (tertiary/aromatic N) is 1. The van der Waals surface area contributed by atoms with Gasteiger partial charge in [0.1, 0.15) is 5.69 Å². The van der Waals surface area contributed by atoms with Crippen molar-refractivity contribution in [2.24, 2.45) is 0 Å². The number of urea groups is 1. The second-order valence-corrected chi connectivity index (χ2v) is 4.86. The van der Waals surface area contributed by atoms with E-state index in [0.29, 0.717) is 11.3 Å². The SMILES string of the molecule is Cc1ccc(NC(=O)NNc2ccc(C(=O)O)cc2)c([N+](=O)[O-])c1. The highest BCUT2D eigenvalue weighted by atomic mass is 16.6. The minimum atomic E-state index is -1.06. The highest BCUT2D eigenvalue weighted by molar-refractivity contribution is 5.92. The maximum absolute atomic E-state index is 11.8. The molecule has 0 aliphatic carbocycles. The summed E-state index contributed by atoms with van der Waals surface area (Å²) < 4.78 is 0. The van der Waals surface area contributed by atoms with E-state index in [-0.39, 0.29) is 16.9 Å². The van der Waals surface area contributed by atoms with Crippen LogP contribution in [0.25, 0.3) is 0 Å². The second kappa shape index (κ2) is 7.09. The minimum absolute atomic E-state index is 0.0612. The van der Waals surface area contributed by atoms with Gasteiger partial charge in [0.25, 0.3) is 5.69 Å². The fourth-order valence-electron chi connectivity index (χ4n) is 1.88. The summed E-state index contributed by atoms with van der Waals surface area (Å²) in [7, 11) is 0. The molecule has 0 heterocycles. The molecule has 9 nitrogen and oxygen atoms in total. The number of carbonyl (C=O) groups is 2. The van der Waals surface area contributed by atoms with Crippen LogP contribution in [0.4, 0.5) is 21.9 Å². The first-order valence-corrected chi connectivity index (χ1v) is 6.78. The molecule has 4 N–H and O–H groups in total. The van der Waals surface area contributed by atoms with Gasteiger partial charge >= 0.3 is 12.0 Å². The molecule has 0 aromatic heterocycles. The highest BCUT2D eigenvalue weighted by Gasteiger charge is 2.15. The zero-order chi connectivity index (χ0) is 17.7. The van der Waals surface area contributed by atoms with E-state index >= 15 is 0 Å². The number of anilines is 2. The topological polar surface area (TPSA) is 134 Å². The minimum Gasteiger partial charge on any atom is -0.478 e. The number of hydrogen-bond donors (Lipinski definition) is 4. The summed E-state index contributed by atoms with van der Waals surface area (Å²) in [6.07, 6.45) is 0. The van der Waals surface area contributed by atoms with Crippen LogP contribution in [0.3, 0.4) is 0 Å². The molecule has 2 rings (SSSR count). The lowest BCUT2D eigenvalue weighted by molar-refractivity contribution is -0.384. The van der Waals surface area contributed by atoms with Crippen molar-refractivity contribution in [2.75, 3.05) is 10.7 Å². The van der Waals surface area contributed by atoms with Crippen LogP contribution in [0, 0.1) is 17.0 Å². The van der Waals surface area contributed by atoms with E-state index in [4.69, 9.17) is 5.11 Å². The van der Waals surface area contributed by atoms with Crippen LogP contribution in [-0.4, -0.2) is 22.0 Å². The van der Waals surface area contributed by atoms with Crippen molar-refractivity contribution < 1.29 is 19.6 Å². The van der Waals surface area contributed by atoms with Crippen LogP contribution in [0.1, 0.15) is 15.9 Å². The molecule has 2 amide bonds. The van der Waals surface area contributed by atoms with Crippen molar-refractivity contribution in [3.63, 3.8) is 0 Å². The van der Waals surface area contributed by atoms with Gasteiger partial charge in [-0.25, -0.2) is 9.59 Å². The van der Waals surface area contributed by atoms with Gasteiger partial charge in [0, 0.05) is 6.07 Å². The van der Waals surface area contributed by atoms with Crippen molar-refractivity contribution in [1.29, 1.82) is 0 Å². The number of rotatable bonds is 5. The van der Waals surface area contributed by atoms with Crippen LogP contribution in [0.5, 0.6) is 0 Å². The molecule has 24 heavy (non-hydrogen) atoms. The lowest BCUT2D eigenvalue weighted by Gasteiger charge is -2.10. The summed E-state index contributed by atoms with van der Waals surface area (Å²) in [5.41, 5.74) is 5.98. The Morgan fingerprint density at radius 3 is 2.38 bits per heavy atom. The summed E-state index contributed by atoms with van der Waals surface area (Å²) in [5, 5.41) is 22.2. The Kier molecular flexibility index (Phi) is 4.95. The maximum Gasteiger partial charge on any atom is 0.338 e. The van der Waals surface area contributed by atoms with Crippen LogP contribution in [0.15, 0.2) is 42.5 Å². The number of hydrazine groups is 1. The van der Waals surface area contributed by atoms with Crippen molar-refractivity contribution in [2.45, 2.75) is 6.92 Å². The number of carbonyl (C=O) groups excluding carboxylic acids is 1. The smallest absolute Gasteiger partial charge is 0.338 e. The molecule has 2 aromatic carbocycles. The van der Waals surface area contributed by atoms with E-state index in [2.05, 4.69) is 16.2 Å². The standard InChI is InChI=1S/C15H14N4O5/c1-9-2-7-12(13(8-9)19(23)24)16-15(22)18-17-11-5-3-10(4-6-11)14(20)21/h2-8,17H,1H3,(H,20,21)(H2,16,18,22). The quantitative estimate of drug-likeness (QED) is 0.492. The summed E-state index contributed by atoms with van der Waals surface area (Å²) >= 11 is 0. The predicted molar refractivity (Wildman–Crippen MR) is 87.0 cm³/mol. The number of aryl methyl sites for hydroxylation is 1. The van der Waals surface area contributed by atoms with Crippen molar-refractivity contribution in [3.05, 3.63) is 63.7 Å². The van der Waals surface area contributed by atoms with Gasteiger partial charge in [-0.05, 0) is 42.8 Å². The highest BCUT2D eigenvalue weighted by Crippen LogP contribution is 2.25. The molecule has 0 aliphatic rings. The van der Waals surface area contributed by atoms with Gasteiger partial charge < -0.3 is 10.4 Å². The van der Waals surface area contributed by atoms with Crippen LogP contribution < -0.4 is 16.2 Å². The zero-order valence-electron chi connectivity index (χ0n) is 12.6. The Morgan fingerprint density at radius 1 is 1.12 bits per heavy atom. The molecule has 0 atom stereocenters. The number of amides is 2. The monoisotopic (exact) mass is 330 g/mol. The summed E-state index contributed by atoms with van der Waals surface area (Å²) in [4.78, 5) is 33.0. The number of nitro groups is 1. The lowest BCUT2D eigenvalue weighted by Crippen LogP contribution is -2.33. The van der Waals surface area contributed by atoms with Gasteiger partial charge in [-0.15, -0.1) is 0 Å². The van der Waals surface area contributed by atoms with Crippen LogP contribution in [0.2, 0.25) is 0 Å². The molecule has 0 aliphatic heterocycles. The van der Waals surface area contributed by atoms with E-state index in [1.54, 1.807) is 13.0 Å². The predicted octanol–water partition coefficient (Wildman–Crippen LogP) is 2.75. The molecule has 0 fully saturated rings. The Morgan fingerprint density at radius 2 is 1.79 bits per heavy atom. The fraction of sp³-hybridized carbons (Fsp3) is 0.0667. The average Bonchev–Trinajstić information content (AvgIpc) is 2.54. The Bertz CT molecular complexity index is 789. The number of aromatic carboxylic acids is 1. The number of carboxylic acid groups (broad SMARTS) is 1. The first-order chi connectivity index (χ1) is 11.4. The van der Waals surface area contributed by atoms with E-state index in [1.807, 2.05) is 0 Å². The summed E-state index contributed by atoms with van der Waals surface area (Å²) in [6.45, 7) is 1.71. The Balaban J connectivity index is 1.99. The molecule has 2 aromatic rings. The van der Waals surface area contributed by atoms with Gasteiger partial charge in [-0.3, -0.25) is 21.0 Å².